The summed E-state index contributed by atoms with van der Waals surface area (Å²) in [5, 5.41) is 14.7. The van der Waals surface area contributed by atoms with Crippen molar-refractivity contribution in [2.45, 2.75) is 19.1 Å². The lowest BCUT2D eigenvalue weighted by Gasteiger charge is -2.20. The summed E-state index contributed by atoms with van der Waals surface area (Å²) in [6.07, 6.45) is -2.79. The number of fused-ring (bicyclic) bond motifs is 1. The zero-order chi connectivity index (χ0) is 22.8. The zero-order valence-corrected chi connectivity index (χ0v) is 15.6. The van der Waals surface area contributed by atoms with E-state index in [-0.39, 0.29) is 29.1 Å². The second kappa shape index (κ2) is 8.42. The molecule has 0 aliphatic carbocycles. The van der Waals surface area contributed by atoms with Gasteiger partial charge in [0, 0.05) is 17.0 Å². The minimum atomic E-state index is -5.01. The molecule has 1 aromatic carbocycles. The van der Waals surface area contributed by atoms with Crippen LogP contribution < -0.4 is 16.0 Å². The molecule has 8 nitrogen and oxygen atoms in total. The van der Waals surface area contributed by atoms with Crippen molar-refractivity contribution in [1.82, 2.24) is 15.3 Å². The van der Waals surface area contributed by atoms with Crippen molar-refractivity contribution in [3.63, 3.8) is 0 Å². The number of nitrogens with one attached hydrogen (secondary N) is 3. The molecule has 3 N–H and O–H groups in total. The molecule has 3 rings (SSSR count). The Balaban J connectivity index is 1.84. The SMILES string of the molecule is Cc1c([C@@H](NC(=O)Nc2cnc(NCC#N)nc2)C(F)(F)F)oc2c(F)cc(F)cc12. The molecule has 31 heavy (non-hydrogen) atoms. The van der Waals surface area contributed by atoms with Crippen LogP contribution in [0.5, 0.6) is 0 Å². The van der Waals surface area contributed by atoms with Gasteiger partial charge in [-0.2, -0.15) is 18.4 Å². The highest BCUT2D eigenvalue weighted by molar-refractivity contribution is 5.89. The van der Waals surface area contributed by atoms with Crippen LogP contribution in [0.3, 0.4) is 0 Å². The summed E-state index contributed by atoms with van der Waals surface area (Å²) >= 11 is 0. The number of halogens is 5. The van der Waals surface area contributed by atoms with Crippen molar-refractivity contribution < 1.29 is 31.2 Å². The van der Waals surface area contributed by atoms with Crippen LogP contribution in [0.1, 0.15) is 17.4 Å². The smallest absolute Gasteiger partial charge is 0.416 e. The number of rotatable bonds is 5. The number of urea groups is 1. The number of aromatic nitrogens is 2. The number of aryl methyl sites for hydroxylation is 1. The number of nitriles is 1. The lowest BCUT2D eigenvalue weighted by atomic mass is 10.1. The molecule has 2 heterocycles. The standard InChI is InChI=1S/C18H13F5N6O2/c1-8-11-4-9(19)5-12(20)14(11)31-13(8)15(18(21,22)23)29-17(30)28-10-6-26-16(27-7-10)25-3-2-24/h4-7,15H,3H2,1H3,(H,25,26,27)(H2,28,29,30)/t15-/m1/s1. The van der Waals surface area contributed by atoms with Crippen molar-refractivity contribution in [3.05, 3.63) is 47.5 Å². The van der Waals surface area contributed by atoms with E-state index in [1.54, 1.807) is 11.4 Å². The van der Waals surface area contributed by atoms with Gasteiger partial charge in [0.25, 0.3) is 0 Å². The molecule has 0 saturated heterocycles. The fourth-order valence-corrected chi connectivity index (χ4v) is 2.73. The number of nitrogens with zero attached hydrogens (tertiary/aromatic N) is 3. The maximum Gasteiger partial charge on any atom is 0.416 e. The average molecular weight is 440 g/mol. The molecule has 0 aliphatic rings. The van der Waals surface area contributed by atoms with E-state index in [2.05, 4.69) is 20.6 Å². The zero-order valence-electron chi connectivity index (χ0n) is 15.6. The Labute approximate surface area is 171 Å². The van der Waals surface area contributed by atoms with Gasteiger partial charge in [-0.25, -0.2) is 23.5 Å². The number of carbonyl (C=O) groups is 1. The summed E-state index contributed by atoms with van der Waals surface area (Å²) in [6.45, 7) is 1.13. The number of hydrogen-bond donors (Lipinski definition) is 3. The lowest BCUT2D eigenvalue weighted by Crippen LogP contribution is -2.40. The Morgan fingerprint density at radius 2 is 1.94 bits per heavy atom. The Bertz CT molecular complexity index is 1150. The van der Waals surface area contributed by atoms with Gasteiger partial charge in [-0.15, -0.1) is 0 Å². The van der Waals surface area contributed by atoms with Gasteiger partial charge < -0.3 is 20.4 Å². The average Bonchev–Trinajstić information content (AvgIpc) is 3.01. The van der Waals surface area contributed by atoms with E-state index in [0.717, 1.165) is 18.5 Å². The molecular weight excluding hydrogens is 427 g/mol. The van der Waals surface area contributed by atoms with Gasteiger partial charge in [-0.1, -0.05) is 0 Å². The lowest BCUT2D eigenvalue weighted by molar-refractivity contribution is -0.158. The van der Waals surface area contributed by atoms with Gasteiger partial charge in [0.1, 0.15) is 18.1 Å². The van der Waals surface area contributed by atoms with E-state index in [1.807, 2.05) is 0 Å². The van der Waals surface area contributed by atoms with Crippen LogP contribution in [0.2, 0.25) is 0 Å². The van der Waals surface area contributed by atoms with E-state index in [9.17, 15) is 26.7 Å². The van der Waals surface area contributed by atoms with Crippen LogP contribution >= 0.6 is 0 Å². The number of amides is 2. The van der Waals surface area contributed by atoms with Crippen molar-refractivity contribution >= 4 is 28.6 Å². The van der Waals surface area contributed by atoms with E-state index in [0.29, 0.717) is 6.07 Å². The quantitative estimate of drug-likeness (QED) is 0.405. The Morgan fingerprint density at radius 1 is 1.26 bits per heavy atom. The Hall–Kier alpha value is -3.95. The Kier molecular flexibility index (Phi) is 5.91. The molecule has 2 amide bonds. The summed E-state index contributed by atoms with van der Waals surface area (Å²) < 4.78 is 73.3. The van der Waals surface area contributed by atoms with E-state index >= 15 is 0 Å². The molecule has 162 valence electrons. The van der Waals surface area contributed by atoms with Crippen molar-refractivity contribution in [3.8, 4) is 6.07 Å². The predicted molar refractivity (Wildman–Crippen MR) is 98.0 cm³/mol. The molecule has 0 fully saturated rings. The normalized spacial score (nSPS) is 12.3. The number of alkyl halides is 3. The molecule has 2 aromatic heterocycles. The largest absolute Gasteiger partial charge is 0.455 e. The van der Waals surface area contributed by atoms with Crippen LogP contribution in [-0.4, -0.2) is 28.7 Å². The maximum atomic E-state index is 13.9. The fourth-order valence-electron chi connectivity index (χ4n) is 2.73. The topological polar surface area (TPSA) is 116 Å². The van der Waals surface area contributed by atoms with Crippen molar-refractivity contribution in [2.75, 3.05) is 17.2 Å². The van der Waals surface area contributed by atoms with Gasteiger partial charge in [0.2, 0.25) is 5.95 Å². The van der Waals surface area contributed by atoms with Crippen LogP contribution in [-0.2, 0) is 0 Å². The molecule has 13 heteroatoms. The van der Waals surface area contributed by atoms with Crippen LogP contribution in [0.4, 0.5) is 38.4 Å². The van der Waals surface area contributed by atoms with Crippen molar-refractivity contribution in [1.29, 1.82) is 5.26 Å². The molecular formula is C18H13F5N6O2. The van der Waals surface area contributed by atoms with Gasteiger partial charge in [0.15, 0.2) is 17.4 Å². The summed E-state index contributed by atoms with van der Waals surface area (Å²) in [5.41, 5.74) is -0.762. The Morgan fingerprint density at radius 3 is 2.55 bits per heavy atom. The van der Waals surface area contributed by atoms with Crippen LogP contribution in [0.15, 0.2) is 28.9 Å². The monoisotopic (exact) mass is 440 g/mol. The minimum Gasteiger partial charge on any atom is -0.455 e. The molecule has 0 bridgehead atoms. The summed E-state index contributed by atoms with van der Waals surface area (Å²) in [7, 11) is 0. The van der Waals surface area contributed by atoms with E-state index in [1.165, 1.54) is 6.92 Å². The first-order chi connectivity index (χ1) is 14.6. The highest BCUT2D eigenvalue weighted by atomic mass is 19.4. The van der Waals surface area contributed by atoms with Gasteiger partial charge in [-0.3, -0.25) is 0 Å². The number of benzene rings is 1. The molecule has 0 radical (unpaired) electrons. The third-order valence-electron chi connectivity index (χ3n) is 4.09. The van der Waals surface area contributed by atoms with Crippen LogP contribution in [0, 0.1) is 29.9 Å². The highest BCUT2D eigenvalue weighted by Gasteiger charge is 2.45. The molecule has 0 spiro atoms. The number of hydrogen-bond acceptors (Lipinski definition) is 6. The molecule has 0 aliphatic heterocycles. The molecule has 3 aromatic rings. The summed E-state index contributed by atoms with van der Waals surface area (Å²) in [6, 6.07) is -0.783. The van der Waals surface area contributed by atoms with Gasteiger partial charge in [0.05, 0.1) is 24.2 Å². The third kappa shape index (κ3) is 4.80. The first-order valence-corrected chi connectivity index (χ1v) is 8.55. The molecule has 0 unspecified atom stereocenters. The van der Waals surface area contributed by atoms with Gasteiger partial charge >= 0.3 is 12.2 Å². The van der Waals surface area contributed by atoms with Crippen LogP contribution in [0.25, 0.3) is 11.0 Å². The predicted octanol–water partition coefficient (Wildman–Crippen LogP) is 4.17. The fraction of sp³-hybridized carbons (Fsp3) is 0.222. The number of carbonyl (C=O) groups excluding carboxylic acids is 1. The summed E-state index contributed by atoms with van der Waals surface area (Å²) in [5.74, 6) is -2.86. The second-order valence-corrected chi connectivity index (χ2v) is 6.24. The molecule has 1 atom stereocenters. The van der Waals surface area contributed by atoms with Gasteiger partial charge in [-0.05, 0) is 13.0 Å². The van der Waals surface area contributed by atoms with E-state index in [4.69, 9.17) is 9.68 Å². The number of anilines is 2. The molecule has 0 saturated carbocycles. The second-order valence-electron chi connectivity index (χ2n) is 6.24. The first-order valence-electron chi connectivity index (χ1n) is 8.55. The number of furan rings is 1. The third-order valence-corrected chi connectivity index (χ3v) is 4.09. The van der Waals surface area contributed by atoms with Crippen molar-refractivity contribution in [2.24, 2.45) is 0 Å². The highest BCUT2D eigenvalue weighted by Crippen LogP contribution is 2.39. The summed E-state index contributed by atoms with van der Waals surface area (Å²) in [4.78, 5) is 19.7. The minimum absolute atomic E-state index is 0.0321. The maximum absolute atomic E-state index is 13.9. The first kappa shape index (κ1) is 21.8. The van der Waals surface area contributed by atoms with E-state index < -0.39 is 41.2 Å².